The van der Waals surface area contributed by atoms with Crippen molar-refractivity contribution >= 4 is 28.0 Å². The fourth-order valence-electron chi connectivity index (χ4n) is 1.49. The second-order valence-corrected chi connectivity index (χ2v) is 4.46. The molecule has 0 aliphatic carbocycles. The first-order chi connectivity index (χ1) is 8.18. The highest BCUT2D eigenvalue weighted by Crippen LogP contribution is 2.25. The lowest BCUT2D eigenvalue weighted by Crippen LogP contribution is -2.09. The van der Waals surface area contributed by atoms with E-state index in [1.54, 1.807) is 23.6 Å². The van der Waals surface area contributed by atoms with Gasteiger partial charge < -0.3 is 5.32 Å². The maximum Gasteiger partial charge on any atom is 0.221 e. The van der Waals surface area contributed by atoms with Crippen LogP contribution in [-0.2, 0) is 4.79 Å². The molecule has 1 N–H and O–H groups in total. The molecule has 0 bridgehead atoms. The summed E-state index contributed by atoms with van der Waals surface area (Å²) >= 11 is 1.35. The number of carbonyl (C=O) groups excluding carboxylic acids is 2. The first kappa shape index (κ1) is 11.5. The van der Waals surface area contributed by atoms with Crippen LogP contribution in [0, 0.1) is 0 Å². The lowest BCUT2D eigenvalue weighted by molar-refractivity contribution is -0.114. The molecule has 0 unspecified atom stereocenters. The third-order valence-electron chi connectivity index (χ3n) is 2.24. The highest BCUT2D eigenvalue weighted by Gasteiger charge is 2.15. The number of hydrogen-bond acceptors (Lipinski definition) is 3. The lowest BCUT2D eigenvalue weighted by atomic mass is 10.1. The zero-order valence-corrected chi connectivity index (χ0v) is 10.1. The smallest absolute Gasteiger partial charge is 0.221 e. The van der Waals surface area contributed by atoms with E-state index in [2.05, 4.69) is 5.32 Å². The van der Waals surface area contributed by atoms with Crippen molar-refractivity contribution in [2.24, 2.45) is 0 Å². The Labute approximate surface area is 103 Å². The van der Waals surface area contributed by atoms with Gasteiger partial charge in [-0.05, 0) is 11.4 Å². The summed E-state index contributed by atoms with van der Waals surface area (Å²) in [6.07, 6.45) is 0. The normalized spacial score (nSPS) is 9.94. The van der Waals surface area contributed by atoms with Gasteiger partial charge in [-0.25, -0.2) is 0 Å². The molecule has 1 heterocycles. The molecule has 1 aromatic carbocycles. The Kier molecular flexibility index (Phi) is 3.35. The second kappa shape index (κ2) is 4.93. The predicted molar refractivity (Wildman–Crippen MR) is 68.5 cm³/mol. The number of hydrogen-bond donors (Lipinski definition) is 1. The van der Waals surface area contributed by atoms with Gasteiger partial charge in [-0.1, -0.05) is 30.3 Å². The standard InChI is InChI=1S/C13H11NO2S/c1-9(15)14-13-11(7-8-17-13)12(16)10-5-3-2-4-6-10/h2-8H,1H3,(H,14,15). The molecule has 0 fully saturated rings. The van der Waals surface area contributed by atoms with Gasteiger partial charge in [0.1, 0.15) is 5.00 Å². The van der Waals surface area contributed by atoms with Gasteiger partial charge in [0.2, 0.25) is 5.91 Å². The van der Waals surface area contributed by atoms with Gasteiger partial charge in [-0.3, -0.25) is 9.59 Å². The number of ketones is 1. The number of carbonyl (C=O) groups is 2. The van der Waals surface area contributed by atoms with Gasteiger partial charge >= 0.3 is 0 Å². The van der Waals surface area contributed by atoms with Crippen molar-refractivity contribution in [2.45, 2.75) is 6.92 Å². The van der Waals surface area contributed by atoms with Gasteiger partial charge in [0.05, 0.1) is 5.56 Å². The summed E-state index contributed by atoms with van der Waals surface area (Å²) in [5.41, 5.74) is 1.16. The topological polar surface area (TPSA) is 46.2 Å². The minimum absolute atomic E-state index is 0.0735. The summed E-state index contributed by atoms with van der Waals surface area (Å²) < 4.78 is 0. The summed E-state index contributed by atoms with van der Waals surface area (Å²) in [4.78, 5) is 23.2. The van der Waals surface area contributed by atoms with E-state index >= 15 is 0 Å². The summed E-state index contributed by atoms with van der Waals surface area (Å²) in [5.74, 6) is -0.245. The van der Waals surface area contributed by atoms with Crippen molar-refractivity contribution < 1.29 is 9.59 Å². The average Bonchev–Trinajstić information content (AvgIpc) is 2.76. The summed E-state index contributed by atoms with van der Waals surface area (Å²) in [6, 6.07) is 10.7. The molecule has 1 amide bonds. The highest BCUT2D eigenvalue weighted by molar-refractivity contribution is 7.14. The summed E-state index contributed by atoms with van der Waals surface area (Å²) in [6.45, 7) is 1.43. The summed E-state index contributed by atoms with van der Waals surface area (Å²) in [5, 5.41) is 5.06. The minimum Gasteiger partial charge on any atom is -0.317 e. The monoisotopic (exact) mass is 245 g/mol. The number of benzene rings is 1. The van der Waals surface area contributed by atoms with E-state index in [1.807, 2.05) is 18.2 Å². The van der Waals surface area contributed by atoms with Crippen molar-refractivity contribution in [3.05, 3.63) is 52.9 Å². The highest BCUT2D eigenvalue weighted by atomic mass is 32.1. The molecule has 0 atom stereocenters. The number of anilines is 1. The van der Waals surface area contributed by atoms with E-state index in [0.717, 1.165) is 0 Å². The molecular formula is C13H11NO2S. The summed E-state index contributed by atoms with van der Waals surface area (Å²) in [7, 11) is 0. The van der Waals surface area contributed by atoms with Gasteiger partial charge in [0, 0.05) is 12.5 Å². The third kappa shape index (κ3) is 2.60. The molecule has 0 aliphatic heterocycles. The maximum atomic E-state index is 12.2. The van der Waals surface area contributed by atoms with Crippen molar-refractivity contribution in [3.63, 3.8) is 0 Å². The molecule has 17 heavy (non-hydrogen) atoms. The number of rotatable bonds is 3. The quantitative estimate of drug-likeness (QED) is 0.845. The Balaban J connectivity index is 2.32. The largest absolute Gasteiger partial charge is 0.317 e. The fraction of sp³-hybridized carbons (Fsp3) is 0.0769. The molecular weight excluding hydrogens is 234 g/mol. The Morgan fingerprint density at radius 2 is 1.82 bits per heavy atom. The van der Waals surface area contributed by atoms with Gasteiger partial charge in [-0.15, -0.1) is 11.3 Å². The average molecular weight is 245 g/mol. The third-order valence-corrected chi connectivity index (χ3v) is 3.07. The number of nitrogens with one attached hydrogen (secondary N) is 1. The zero-order valence-electron chi connectivity index (χ0n) is 9.27. The molecule has 86 valence electrons. The Morgan fingerprint density at radius 3 is 2.47 bits per heavy atom. The van der Waals surface area contributed by atoms with Gasteiger partial charge in [0.25, 0.3) is 0 Å². The Bertz CT molecular complexity index is 546. The van der Waals surface area contributed by atoms with E-state index in [0.29, 0.717) is 16.1 Å². The van der Waals surface area contributed by atoms with Crippen LogP contribution in [0.1, 0.15) is 22.8 Å². The van der Waals surface area contributed by atoms with Gasteiger partial charge in [-0.2, -0.15) is 0 Å². The van der Waals surface area contributed by atoms with E-state index in [-0.39, 0.29) is 11.7 Å². The SMILES string of the molecule is CC(=O)Nc1sccc1C(=O)c1ccccc1. The van der Waals surface area contributed by atoms with E-state index < -0.39 is 0 Å². The molecule has 2 aromatic rings. The molecule has 3 nitrogen and oxygen atoms in total. The fourth-order valence-corrected chi connectivity index (χ4v) is 2.32. The molecule has 1 aromatic heterocycles. The van der Waals surface area contributed by atoms with Crippen LogP contribution < -0.4 is 5.32 Å². The van der Waals surface area contributed by atoms with Crippen LogP contribution in [0.2, 0.25) is 0 Å². The van der Waals surface area contributed by atoms with Crippen molar-refractivity contribution in [1.29, 1.82) is 0 Å². The Morgan fingerprint density at radius 1 is 1.12 bits per heavy atom. The predicted octanol–water partition coefficient (Wildman–Crippen LogP) is 2.94. The molecule has 2 rings (SSSR count). The molecule has 0 saturated heterocycles. The number of amides is 1. The van der Waals surface area contributed by atoms with E-state index in [4.69, 9.17) is 0 Å². The first-order valence-corrected chi connectivity index (χ1v) is 6.01. The maximum absolute atomic E-state index is 12.2. The van der Waals surface area contributed by atoms with Crippen LogP contribution in [0.3, 0.4) is 0 Å². The Hall–Kier alpha value is -1.94. The van der Waals surface area contributed by atoms with Gasteiger partial charge in [0.15, 0.2) is 5.78 Å². The molecule has 0 spiro atoms. The van der Waals surface area contributed by atoms with Crippen LogP contribution >= 0.6 is 11.3 Å². The van der Waals surface area contributed by atoms with Crippen LogP contribution in [0.25, 0.3) is 0 Å². The van der Waals surface area contributed by atoms with Crippen LogP contribution in [0.4, 0.5) is 5.00 Å². The number of thiophene rings is 1. The first-order valence-electron chi connectivity index (χ1n) is 5.13. The molecule has 0 saturated carbocycles. The minimum atomic E-state index is -0.172. The van der Waals surface area contributed by atoms with Crippen molar-refractivity contribution in [1.82, 2.24) is 0 Å². The molecule has 4 heteroatoms. The van der Waals surface area contributed by atoms with E-state index in [1.165, 1.54) is 18.3 Å². The van der Waals surface area contributed by atoms with Crippen LogP contribution in [0.5, 0.6) is 0 Å². The zero-order chi connectivity index (χ0) is 12.3. The van der Waals surface area contributed by atoms with Crippen LogP contribution in [-0.4, -0.2) is 11.7 Å². The van der Waals surface area contributed by atoms with Crippen molar-refractivity contribution in [3.8, 4) is 0 Å². The lowest BCUT2D eigenvalue weighted by Gasteiger charge is -2.03. The molecule has 0 aliphatic rings. The van der Waals surface area contributed by atoms with Crippen molar-refractivity contribution in [2.75, 3.05) is 5.32 Å². The van der Waals surface area contributed by atoms with Crippen LogP contribution in [0.15, 0.2) is 41.8 Å². The molecule has 0 radical (unpaired) electrons. The second-order valence-electron chi connectivity index (χ2n) is 3.54. The van der Waals surface area contributed by atoms with E-state index in [9.17, 15) is 9.59 Å².